The molecule has 2 aromatic rings. The van der Waals surface area contributed by atoms with Crippen molar-refractivity contribution in [3.05, 3.63) is 34.7 Å². The summed E-state index contributed by atoms with van der Waals surface area (Å²) in [6.45, 7) is 4.04. The minimum atomic E-state index is -0.788. The van der Waals surface area contributed by atoms with Gasteiger partial charge in [0.1, 0.15) is 0 Å². The molecule has 0 aliphatic carbocycles. The fourth-order valence-electron chi connectivity index (χ4n) is 3.01. The third kappa shape index (κ3) is 3.16. The van der Waals surface area contributed by atoms with E-state index in [9.17, 15) is 9.90 Å². The van der Waals surface area contributed by atoms with Gasteiger partial charge in [0.25, 0.3) is 5.91 Å². The van der Waals surface area contributed by atoms with E-state index in [4.69, 9.17) is 0 Å². The van der Waals surface area contributed by atoms with E-state index in [1.165, 1.54) is 11.3 Å². The van der Waals surface area contributed by atoms with Gasteiger partial charge < -0.3 is 15.7 Å². The van der Waals surface area contributed by atoms with Gasteiger partial charge in [0.15, 0.2) is 0 Å². The maximum atomic E-state index is 12.5. The fourth-order valence-corrected chi connectivity index (χ4v) is 4.13. The molecule has 1 saturated heterocycles. The normalized spacial score (nSPS) is 22.5. The average Bonchev–Trinajstić information content (AvgIpc) is 2.71. The van der Waals surface area contributed by atoms with Crippen LogP contribution in [0.25, 0.3) is 10.1 Å². The number of benzene rings is 1. The summed E-state index contributed by atoms with van der Waals surface area (Å²) in [6.07, 6.45) is 2.35. The lowest BCUT2D eigenvalue weighted by Crippen LogP contribution is -2.43. The van der Waals surface area contributed by atoms with Crippen LogP contribution in [0.5, 0.6) is 0 Å². The average molecular weight is 318 g/mol. The second-order valence-corrected chi connectivity index (χ2v) is 7.12. The van der Waals surface area contributed by atoms with E-state index in [1.807, 2.05) is 31.2 Å². The second kappa shape index (κ2) is 6.36. The maximum Gasteiger partial charge on any atom is 0.261 e. The topological polar surface area (TPSA) is 61.4 Å². The van der Waals surface area contributed by atoms with Gasteiger partial charge in [-0.25, -0.2) is 0 Å². The smallest absolute Gasteiger partial charge is 0.261 e. The first kappa shape index (κ1) is 15.5. The zero-order valence-electron chi connectivity index (χ0n) is 12.8. The molecule has 118 valence electrons. The summed E-state index contributed by atoms with van der Waals surface area (Å²) in [7, 11) is 0. The SMILES string of the molecule is Cc1c(C(=O)NC[C@]2(O)CCCNCC2)sc2ccccc12. The van der Waals surface area contributed by atoms with Crippen molar-refractivity contribution in [2.24, 2.45) is 0 Å². The summed E-state index contributed by atoms with van der Waals surface area (Å²) in [5.41, 5.74) is 0.233. The molecule has 5 heteroatoms. The van der Waals surface area contributed by atoms with Gasteiger partial charge >= 0.3 is 0 Å². The number of aliphatic hydroxyl groups is 1. The number of hydrogen-bond donors (Lipinski definition) is 3. The third-order valence-corrected chi connectivity index (χ3v) is 5.66. The molecule has 0 bridgehead atoms. The molecule has 2 heterocycles. The van der Waals surface area contributed by atoms with Crippen LogP contribution in [-0.4, -0.2) is 36.2 Å². The predicted octanol–water partition coefficient (Wildman–Crippen LogP) is 2.44. The lowest BCUT2D eigenvalue weighted by atomic mass is 9.95. The molecule has 1 aromatic heterocycles. The molecule has 4 nitrogen and oxygen atoms in total. The van der Waals surface area contributed by atoms with Crippen LogP contribution in [0, 0.1) is 6.92 Å². The number of carbonyl (C=O) groups excluding carboxylic acids is 1. The van der Waals surface area contributed by atoms with E-state index < -0.39 is 5.60 Å². The van der Waals surface area contributed by atoms with E-state index in [2.05, 4.69) is 10.6 Å². The van der Waals surface area contributed by atoms with Crippen LogP contribution in [0.15, 0.2) is 24.3 Å². The Morgan fingerprint density at radius 1 is 1.36 bits per heavy atom. The van der Waals surface area contributed by atoms with Crippen LogP contribution in [-0.2, 0) is 0 Å². The molecule has 1 aliphatic rings. The summed E-state index contributed by atoms with van der Waals surface area (Å²) in [5, 5.41) is 17.9. The zero-order chi connectivity index (χ0) is 15.6. The third-order valence-electron chi connectivity index (χ3n) is 4.39. The Balaban J connectivity index is 1.72. The molecule has 1 aliphatic heterocycles. The highest BCUT2D eigenvalue weighted by Gasteiger charge is 2.29. The largest absolute Gasteiger partial charge is 0.388 e. The number of amides is 1. The highest BCUT2D eigenvalue weighted by atomic mass is 32.1. The summed E-state index contributed by atoms with van der Waals surface area (Å²) in [4.78, 5) is 13.2. The van der Waals surface area contributed by atoms with Gasteiger partial charge in [-0.05, 0) is 56.3 Å². The molecule has 1 aromatic carbocycles. The molecule has 0 saturated carbocycles. The summed E-state index contributed by atoms with van der Waals surface area (Å²) >= 11 is 1.52. The number of rotatable bonds is 3. The molecule has 0 spiro atoms. The van der Waals surface area contributed by atoms with E-state index in [0.29, 0.717) is 13.0 Å². The van der Waals surface area contributed by atoms with Crippen LogP contribution in [0.4, 0.5) is 0 Å². The molecule has 1 amide bonds. The molecule has 3 N–H and O–H groups in total. The van der Waals surface area contributed by atoms with Gasteiger partial charge in [0.05, 0.1) is 10.5 Å². The van der Waals surface area contributed by atoms with Crippen molar-refractivity contribution in [2.45, 2.75) is 31.8 Å². The van der Waals surface area contributed by atoms with Crippen molar-refractivity contribution in [1.82, 2.24) is 10.6 Å². The van der Waals surface area contributed by atoms with Crippen molar-refractivity contribution in [3.8, 4) is 0 Å². The van der Waals surface area contributed by atoms with Gasteiger partial charge in [-0.2, -0.15) is 0 Å². The molecule has 0 unspecified atom stereocenters. The molecule has 1 fully saturated rings. The van der Waals surface area contributed by atoms with Crippen molar-refractivity contribution < 1.29 is 9.90 Å². The van der Waals surface area contributed by atoms with E-state index in [1.54, 1.807) is 0 Å². The van der Waals surface area contributed by atoms with Crippen molar-refractivity contribution in [2.75, 3.05) is 19.6 Å². The molecular formula is C17H22N2O2S. The zero-order valence-corrected chi connectivity index (χ0v) is 13.6. The van der Waals surface area contributed by atoms with Crippen LogP contribution >= 0.6 is 11.3 Å². The van der Waals surface area contributed by atoms with Crippen LogP contribution < -0.4 is 10.6 Å². The quantitative estimate of drug-likeness (QED) is 0.814. The monoisotopic (exact) mass is 318 g/mol. The lowest BCUT2D eigenvalue weighted by Gasteiger charge is -2.26. The van der Waals surface area contributed by atoms with Crippen LogP contribution in [0.3, 0.4) is 0 Å². The first-order chi connectivity index (χ1) is 10.6. The molecule has 0 radical (unpaired) electrons. The van der Waals surface area contributed by atoms with Crippen LogP contribution in [0.2, 0.25) is 0 Å². The Morgan fingerprint density at radius 2 is 2.18 bits per heavy atom. The van der Waals surface area contributed by atoms with Crippen molar-refractivity contribution in [1.29, 1.82) is 0 Å². The minimum Gasteiger partial charge on any atom is -0.388 e. The van der Waals surface area contributed by atoms with Gasteiger partial charge in [0.2, 0.25) is 0 Å². The van der Waals surface area contributed by atoms with E-state index in [-0.39, 0.29) is 5.91 Å². The van der Waals surface area contributed by atoms with Crippen molar-refractivity contribution in [3.63, 3.8) is 0 Å². The van der Waals surface area contributed by atoms with Gasteiger partial charge in [-0.3, -0.25) is 4.79 Å². The Kier molecular flexibility index (Phi) is 4.47. The van der Waals surface area contributed by atoms with E-state index >= 15 is 0 Å². The lowest BCUT2D eigenvalue weighted by molar-refractivity contribution is 0.0276. The Morgan fingerprint density at radius 3 is 3.00 bits per heavy atom. The fraction of sp³-hybridized carbons (Fsp3) is 0.471. The maximum absolute atomic E-state index is 12.5. The Labute approximate surface area is 134 Å². The van der Waals surface area contributed by atoms with Crippen LogP contribution in [0.1, 0.15) is 34.5 Å². The molecule has 22 heavy (non-hydrogen) atoms. The minimum absolute atomic E-state index is 0.0793. The number of fused-ring (bicyclic) bond motifs is 1. The molecular weight excluding hydrogens is 296 g/mol. The number of hydrogen-bond acceptors (Lipinski definition) is 4. The van der Waals surface area contributed by atoms with Gasteiger partial charge in [-0.15, -0.1) is 11.3 Å². The Bertz CT molecular complexity index is 672. The number of thiophene rings is 1. The predicted molar refractivity (Wildman–Crippen MR) is 90.6 cm³/mol. The molecule has 1 atom stereocenters. The molecule has 3 rings (SSSR count). The Hall–Kier alpha value is -1.43. The first-order valence-corrected chi connectivity index (χ1v) is 8.60. The van der Waals surface area contributed by atoms with Crippen molar-refractivity contribution >= 4 is 27.3 Å². The number of nitrogens with one attached hydrogen (secondary N) is 2. The highest BCUT2D eigenvalue weighted by Crippen LogP contribution is 2.30. The summed E-state index contributed by atoms with van der Waals surface area (Å²) in [6, 6.07) is 8.06. The van der Waals surface area contributed by atoms with E-state index in [0.717, 1.165) is 46.5 Å². The van der Waals surface area contributed by atoms with Gasteiger partial charge in [0, 0.05) is 11.2 Å². The summed E-state index contributed by atoms with van der Waals surface area (Å²) < 4.78 is 1.13. The standard InChI is InChI=1S/C17H22N2O2S/c1-12-13-5-2-3-6-14(13)22-15(12)16(20)19-11-17(21)7-4-9-18-10-8-17/h2-3,5-6,18,21H,4,7-11H2,1H3,(H,19,20)/t17-/m0/s1. The highest BCUT2D eigenvalue weighted by molar-refractivity contribution is 7.21. The number of aryl methyl sites for hydroxylation is 1. The first-order valence-electron chi connectivity index (χ1n) is 7.78. The van der Waals surface area contributed by atoms with Gasteiger partial charge in [-0.1, -0.05) is 18.2 Å². The second-order valence-electron chi connectivity index (χ2n) is 6.06. The summed E-state index contributed by atoms with van der Waals surface area (Å²) in [5.74, 6) is -0.0793. The number of carbonyl (C=O) groups is 1.